The van der Waals surface area contributed by atoms with Gasteiger partial charge in [0, 0.05) is 5.69 Å². The highest BCUT2D eigenvalue weighted by molar-refractivity contribution is 7.92. The van der Waals surface area contributed by atoms with E-state index in [1.54, 1.807) is 6.07 Å². The monoisotopic (exact) mass is 331 g/mol. The first-order chi connectivity index (χ1) is 10.6. The van der Waals surface area contributed by atoms with E-state index in [9.17, 15) is 8.42 Å². The Kier molecular flexibility index (Phi) is 4.58. The number of hydrogen-bond donors (Lipinski definition) is 1. The van der Waals surface area contributed by atoms with E-state index in [2.05, 4.69) is 4.72 Å². The van der Waals surface area contributed by atoms with Gasteiger partial charge in [-0.1, -0.05) is 6.07 Å². The van der Waals surface area contributed by atoms with Crippen molar-refractivity contribution in [2.45, 2.75) is 53.4 Å². The first-order valence-electron chi connectivity index (χ1n) is 7.73. The van der Waals surface area contributed by atoms with Gasteiger partial charge in [0.15, 0.2) is 0 Å². The van der Waals surface area contributed by atoms with Crippen molar-refractivity contribution in [1.29, 1.82) is 0 Å². The van der Waals surface area contributed by atoms with Gasteiger partial charge in [-0.3, -0.25) is 4.72 Å². The Hall–Kier alpha value is -1.81. The molecule has 0 radical (unpaired) electrons. The van der Waals surface area contributed by atoms with Gasteiger partial charge in [-0.2, -0.15) is 0 Å². The molecule has 0 saturated carbocycles. The molecule has 0 saturated heterocycles. The summed E-state index contributed by atoms with van der Waals surface area (Å²) in [6, 6.07) is 5.60. The Balaban J connectivity index is 2.58. The topological polar surface area (TPSA) is 46.2 Å². The average molecular weight is 331 g/mol. The largest absolute Gasteiger partial charge is 0.280 e. The van der Waals surface area contributed by atoms with E-state index in [4.69, 9.17) is 0 Å². The summed E-state index contributed by atoms with van der Waals surface area (Å²) in [5, 5.41) is 0. The molecule has 0 aromatic heterocycles. The molecule has 0 amide bonds. The van der Waals surface area contributed by atoms with E-state index in [1.807, 2.05) is 60.6 Å². The second-order valence-corrected chi connectivity index (χ2v) is 7.98. The predicted octanol–water partition coefficient (Wildman–Crippen LogP) is 4.65. The minimum absolute atomic E-state index is 0.399. The number of sulfonamides is 1. The van der Waals surface area contributed by atoms with Crippen LogP contribution in [0.25, 0.3) is 0 Å². The van der Waals surface area contributed by atoms with E-state index in [0.717, 1.165) is 38.9 Å². The molecule has 23 heavy (non-hydrogen) atoms. The van der Waals surface area contributed by atoms with Crippen molar-refractivity contribution in [3.05, 3.63) is 57.1 Å². The van der Waals surface area contributed by atoms with Crippen molar-refractivity contribution in [1.82, 2.24) is 0 Å². The maximum atomic E-state index is 12.9. The zero-order chi connectivity index (χ0) is 17.5. The van der Waals surface area contributed by atoms with Crippen molar-refractivity contribution < 1.29 is 8.42 Å². The molecule has 3 nitrogen and oxygen atoms in total. The molecule has 2 rings (SSSR count). The third-order valence-electron chi connectivity index (χ3n) is 4.96. The van der Waals surface area contributed by atoms with E-state index < -0.39 is 10.0 Å². The molecule has 2 aromatic carbocycles. The summed E-state index contributed by atoms with van der Waals surface area (Å²) in [5.41, 5.74) is 7.68. The standard InChI is InChI=1S/C19H25NO2S/c1-11-8-9-18(10-12(11)2)20-23(21,22)19-16(6)14(4)13(3)15(5)17(19)7/h8-10,20H,1-7H3. The van der Waals surface area contributed by atoms with Crippen LogP contribution < -0.4 is 4.72 Å². The number of anilines is 1. The van der Waals surface area contributed by atoms with Gasteiger partial charge in [-0.15, -0.1) is 0 Å². The van der Waals surface area contributed by atoms with Gasteiger partial charge in [0.2, 0.25) is 0 Å². The van der Waals surface area contributed by atoms with Crippen LogP contribution in [-0.2, 0) is 10.0 Å². The number of nitrogens with one attached hydrogen (secondary N) is 1. The first kappa shape index (κ1) is 17.5. The maximum Gasteiger partial charge on any atom is 0.262 e. The number of hydrogen-bond acceptors (Lipinski definition) is 2. The molecule has 0 aliphatic rings. The van der Waals surface area contributed by atoms with Crippen LogP contribution in [0.15, 0.2) is 23.1 Å². The van der Waals surface area contributed by atoms with Crippen LogP contribution in [-0.4, -0.2) is 8.42 Å². The lowest BCUT2D eigenvalue weighted by Gasteiger charge is -2.19. The summed E-state index contributed by atoms with van der Waals surface area (Å²) in [6.45, 7) is 13.7. The smallest absolute Gasteiger partial charge is 0.262 e. The number of benzene rings is 2. The van der Waals surface area contributed by atoms with Crippen LogP contribution in [0, 0.1) is 48.5 Å². The van der Waals surface area contributed by atoms with Crippen LogP contribution in [0.1, 0.15) is 38.9 Å². The lowest BCUT2D eigenvalue weighted by Crippen LogP contribution is -2.17. The lowest BCUT2D eigenvalue weighted by molar-refractivity contribution is 0.599. The van der Waals surface area contributed by atoms with Crippen LogP contribution >= 0.6 is 0 Å². The van der Waals surface area contributed by atoms with Gasteiger partial charge in [0.1, 0.15) is 0 Å². The fourth-order valence-corrected chi connectivity index (χ4v) is 4.53. The SMILES string of the molecule is Cc1ccc(NS(=O)(=O)c2c(C)c(C)c(C)c(C)c2C)cc1C. The molecule has 0 bridgehead atoms. The van der Waals surface area contributed by atoms with Gasteiger partial charge < -0.3 is 0 Å². The van der Waals surface area contributed by atoms with E-state index in [1.165, 1.54) is 0 Å². The van der Waals surface area contributed by atoms with Crippen molar-refractivity contribution >= 4 is 15.7 Å². The molecule has 0 fully saturated rings. The molecular weight excluding hydrogens is 306 g/mol. The zero-order valence-corrected chi connectivity index (χ0v) is 15.8. The van der Waals surface area contributed by atoms with E-state index in [-0.39, 0.29) is 0 Å². The van der Waals surface area contributed by atoms with Gasteiger partial charge >= 0.3 is 0 Å². The molecule has 2 aromatic rings. The Labute approximate surface area is 139 Å². The second kappa shape index (κ2) is 6.00. The first-order valence-corrected chi connectivity index (χ1v) is 9.21. The molecule has 0 heterocycles. The van der Waals surface area contributed by atoms with Crippen LogP contribution in [0.5, 0.6) is 0 Å². The third kappa shape index (κ3) is 3.13. The highest BCUT2D eigenvalue weighted by atomic mass is 32.2. The normalized spacial score (nSPS) is 11.6. The Morgan fingerprint density at radius 3 is 1.65 bits per heavy atom. The highest BCUT2D eigenvalue weighted by Gasteiger charge is 2.23. The number of aryl methyl sites for hydroxylation is 2. The van der Waals surface area contributed by atoms with Crippen LogP contribution in [0.3, 0.4) is 0 Å². The van der Waals surface area contributed by atoms with Gasteiger partial charge in [0.05, 0.1) is 4.90 Å². The summed E-state index contributed by atoms with van der Waals surface area (Å²) >= 11 is 0. The van der Waals surface area contributed by atoms with E-state index in [0.29, 0.717) is 10.6 Å². The molecule has 0 atom stereocenters. The molecule has 0 aliphatic heterocycles. The fraction of sp³-hybridized carbons (Fsp3) is 0.368. The minimum Gasteiger partial charge on any atom is -0.280 e. The second-order valence-electron chi connectivity index (χ2n) is 6.36. The number of rotatable bonds is 3. The Morgan fingerprint density at radius 1 is 0.696 bits per heavy atom. The highest BCUT2D eigenvalue weighted by Crippen LogP contribution is 2.31. The summed E-state index contributed by atoms with van der Waals surface area (Å²) in [5.74, 6) is 0. The molecule has 0 spiro atoms. The Morgan fingerprint density at radius 2 is 1.17 bits per heavy atom. The third-order valence-corrected chi connectivity index (χ3v) is 6.61. The van der Waals surface area contributed by atoms with Crippen molar-refractivity contribution in [3.63, 3.8) is 0 Å². The molecule has 0 unspecified atom stereocenters. The van der Waals surface area contributed by atoms with Crippen LogP contribution in [0.4, 0.5) is 5.69 Å². The maximum absolute atomic E-state index is 12.9. The summed E-state index contributed by atoms with van der Waals surface area (Å²) in [7, 11) is -3.62. The molecule has 124 valence electrons. The summed E-state index contributed by atoms with van der Waals surface area (Å²) < 4.78 is 28.6. The van der Waals surface area contributed by atoms with Crippen molar-refractivity contribution in [3.8, 4) is 0 Å². The average Bonchev–Trinajstić information content (AvgIpc) is 2.46. The minimum atomic E-state index is -3.62. The predicted molar refractivity (Wildman–Crippen MR) is 96.9 cm³/mol. The van der Waals surface area contributed by atoms with Gasteiger partial charge in [-0.25, -0.2) is 8.42 Å². The van der Waals surface area contributed by atoms with Crippen molar-refractivity contribution in [2.75, 3.05) is 4.72 Å². The van der Waals surface area contributed by atoms with Gasteiger partial charge in [0.25, 0.3) is 10.0 Å². The summed E-state index contributed by atoms with van der Waals surface area (Å²) in [6.07, 6.45) is 0. The molecule has 0 aliphatic carbocycles. The quantitative estimate of drug-likeness (QED) is 0.890. The van der Waals surface area contributed by atoms with E-state index >= 15 is 0 Å². The molecule has 1 N–H and O–H groups in total. The van der Waals surface area contributed by atoms with Gasteiger partial charge in [-0.05, 0) is 99.5 Å². The molecular formula is C19H25NO2S. The summed E-state index contributed by atoms with van der Waals surface area (Å²) in [4.78, 5) is 0.399. The van der Waals surface area contributed by atoms with Crippen LogP contribution in [0.2, 0.25) is 0 Å². The Bertz CT molecular complexity index is 852. The lowest BCUT2D eigenvalue weighted by atomic mass is 9.95. The molecule has 4 heteroatoms. The zero-order valence-electron chi connectivity index (χ0n) is 15.0. The van der Waals surface area contributed by atoms with Crippen molar-refractivity contribution in [2.24, 2.45) is 0 Å². The fourth-order valence-electron chi connectivity index (χ4n) is 2.88.